The Kier molecular flexibility index (Phi) is 5.21. The molecule has 1 N–H and O–H groups in total. The van der Waals surface area contributed by atoms with Crippen molar-refractivity contribution in [1.82, 2.24) is 9.80 Å². The Hall–Kier alpha value is -1.14. The largest absolute Gasteiger partial charge is 0.481 e. The summed E-state index contributed by atoms with van der Waals surface area (Å²) >= 11 is 0. The van der Waals surface area contributed by atoms with Crippen molar-refractivity contribution in [3.8, 4) is 0 Å². The molecule has 3 fully saturated rings. The van der Waals surface area contributed by atoms with Gasteiger partial charge in [0.25, 0.3) is 0 Å². The Labute approximate surface area is 137 Å². The molecule has 1 unspecified atom stereocenters. The van der Waals surface area contributed by atoms with Gasteiger partial charge in [0.1, 0.15) is 0 Å². The number of aliphatic carboxylic acids is 1. The van der Waals surface area contributed by atoms with Crippen molar-refractivity contribution in [2.45, 2.75) is 50.5 Å². The second-order valence-corrected chi connectivity index (χ2v) is 7.25. The Morgan fingerprint density at radius 3 is 2.39 bits per heavy atom. The molecule has 3 rings (SSSR count). The monoisotopic (exact) mass is 324 g/mol. The maximum Gasteiger partial charge on any atom is 0.308 e. The fourth-order valence-corrected chi connectivity index (χ4v) is 4.44. The first-order valence-electron chi connectivity index (χ1n) is 8.94. The maximum absolute atomic E-state index is 12.3. The van der Waals surface area contributed by atoms with Gasteiger partial charge in [-0.25, -0.2) is 0 Å². The van der Waals surface area contributed by atoms with E-state index in [1.807, 2.05) is 4.90 Å². The molecule has 23 heavy (non-hydrogen) atoms. The molecular formula is C17H28N2O4. The lowest BCUT2D eigenvalue weighted by Gasteiger charge is -2.47. The number of amides is 1. The number of rotatable bonds is 4. The number of hydrogen-bond donors (Lipinski definition) is 1. The van der Waals surface area contributed by atoms with Crippen LogP contribution in [0.1, 0.15) is 44.9 Å². The number of morpholine rings is 1. The lowest BCUT2D eigenvalue weighted by molar-refractivity contribution is -0.141. The Bertz CT molecular complexity index is 440. The first-order valence-corrected chi connectivity index (χ1v) is 8.94. The van der Waals surface area contributed by atoms with Gasteiger partial charge >= 0.3 is 5.97 Å². The molecule has 0 aromatic carbocycles. The van der Waals surface area contributed by atoms with Crippen LogP contribution in [0.15, 0.2) is 0 Å². The number of likely N-dealkylation sites (tertiary alicyclic amines) is 1. The summed E-state index contributed by atoms with van der Waals surface area (Å²) in [7, 11) is 0. The van der Waals surface area contributed by atoms with E-state index < -0.39 is 11.9 Å². The van der Waals surface area contributed by atoms with E-state index in [-0.39, 0.29) is 17.9 Å². The van der Waals surface area contributed by atoms with Crippen molar-refractivity contribution in [1.29, 1.82) is 0 Å². The van der Waals surface area contributed by atoms with Gasteiger partial charge in [0.2, 0.25) is 5.91 Å². The number of ether oxygens (including phenoxy) is 1. The molecule has 2 saturated heterocycles. The Balaban J connectivity index is 1.75. The molecular weight excluding hydrogens is 296 g/mol. The highest BCUT2D eigenvalue weighted by Crippen LogP contribution is 2.35. The van der Waals surface area contributed by atoms with Gasteiger partial charge in [0.05, 0.1) is 19.1 Å². The van der Waals surface area contributed by atoms with Gasteiger partial charge < -0.3 is 14.7 Å². The summed E-state index contributed by atoms with van der Waals surface area (Å²) in [4.78, 5) is 27.8. The van der Waals surface area contributed by atoms with Crippen molar-refractivity contribution in [2.75, 3.05) is 39.4 Å². The van der Waals surface area contributed by atoms with Crippen LogP contribution in [-0.2, 0) is 14.3 Å². The number of carbonyl (C=O) groups is 2. The van der Waals surface area contributed by atoms with Crippen LogP contribution in [0.5, 0.6) is 0 Å². The molecule has 6 heteroatoms. The first-order chi connectivity index (χ1) is 11.1. The summed E-state index contributed by atoms with van der Waals surface area (Å²) in [5.41, 5.74) is 0.0172. The number of carbonyl (C=O) groups excluding carboxylic acids is 1. The predicted octanol–water partition coefficient (Wildman–Crippen LogP) is 1.34. The van der Waals surface area contributed by atoms with Crippen LogP contribution in [-0.4, -0.2) is 71.7 Å². The van der Waals surface area contributed by atoms with Gasteiger partial charge in [-0.3, -0.25) is 14.5 Å². The number of carboxylic acid groups (broad SMARTS) is 1. The van der Waals surface area contributed by atoms with Crippen molar-refractivity contribution in [3.05, 3.63) is 0 Å². The summed E-state index contributed by atoms with van der Waals surface area (Å²) in [5, 5.41) is 9.21. The van der Waals surface area contributed by atoms with Crippen molar-refractivity contribution in [3.63, 3.8) is 0 Å². The standard InChI is InChI=1S/C17H28N2O4/c20-15-11-14(16(21)22)12-18(15)13-17(5-3-1-2-4-6-17)19-7-9-23-10-8-19/h14H,1-13H2,(H,21,22). The van der Waals surface area contributed by atoms with E-state index in [1.54, 1.807) is 0 Å². The third-order valence-electron chi connectivity index (χ3n) is 5.77. The molecule has 6 nitrogen and oxygen atoms in total. The number of carboxylic acids is 1. The van der Waals surface area contributed by atoms with Crippen molar-refractivity contribution >= 4 is 11.9 Å². The molecule has 1 amide bonds. The van der Waals surface area contributed by atoms with Gasteiger partial charge in [-0.1, -0.05) is 25.7 Å². The summed E-state index contributed by atoms with van der Waals surface area (Å²) in [6.07, 6.45) is 7.29. The second kappa shape index (κ2) is 7.18. The number of hydrogen-bond acceptors (Lipinski definition) is 4. The van der Waals surface area contributed by atoms with Crippen LogP contribution in [0.25, 0.3) is 0 Å². The molecule has 0 aromatic heterocycles. The average Bonchev–Trinajstić information content (AvgIpc) is 2.77. The molecule has 0 radical (unpaired) electrons. The molecule has 0 spiro atoms. The smallest absolute Gasteiger partial charge is 0.308 e. The van der Waals surface area contributed by atoms with Crippen LogP contribution in [0.2, 0.25) is 0 Å². The fourth-order valence-electron chi connectivity index (χ4n) is 4.44. The quantitative estimate of drug-likeness (QED) is 0.791. The lowest BCUT2D eigenvalue weighted by Crippen LogP contribution is -2.59. The highest BCUT2D eigenvalue weighted by Gasteiger charge is 2.43. The minimum absolute atomic E-state index is 0.00859. The van der Waals surface area contributed by atoms with E-state index in [1.165, 1.54) is 25.7 Å². The van der Waals surface area contributed by atoms with Crippen LogP contribution >= 0.6 is 0 Å². The average molecular weight is 324 g/mol. The van der Waals surface area contributed by atoms with E-state index in [9.17, 15) is 14.7 Å². The van der Waals surface area contributed by atoms with Gasteiger partial charge in [-0.15, -0.1) is 0 Å². The third-order valence-corrected chi connectivity index (χ3v) is 5.77. The minimum atomic E-state index is -0.845. The topological polar surface area (TPSA) is 70.1 Å². The molecule has 0 bridgehead atoms. The van der Waals surface area contributed by atoms with E-state index in [0.717, 1.165) is 39.1 Å². The van der Waals surface area contributed by atoms with Crippen molar-refractivity contribution < 1.29 is 19.4 Å². The van der Waals surface area contributed by atoms with E-state index in [4.69, 9.17) is 4.74 Å². The SMILES string of the molecule is O=C(O)C1CC(=O)N(CC2(N3CCOCC3)CCCCCC2)C1. The molecule has 1 saturated carbocycles. The zero-order valence-electron chi connectivity index (χ0n) is 13.8. The fraction of sp³-hybridized carbons (Fsp3) is 0.882. The molecule has 2 heterocycles. The van der Waals surface area contributed by atoms with E-state index >= 15 is 0 Å². The van der Waals surface area contributed by atoms with E-state index in [0.29, 0.717) is 13.1 Å². The van der Waals surface area contributed by atoms with Crippen LogP contribution in [0.3, 0.4) is 0 Å². The predicted molar refractivity (Wildman–Crippen MR) is 85.1 cm³/mol. The zero-order chi connectivity index (χ0) is 16.3. The third kappa shape index (κ3) is 3.69. The van der Waals surface area contributed by atoms with Gasteiger partial charge in [0, 0.05) is 38.1 Å². The highest BCUT2D eigenvalue weighted by molar-refractivity contribution is 5.86. The molecule has 2 aliphatic heterocycles. The normalized spacial score (nSPS) is 29.5. The Morgan fingerprint density at radius 1 is 1.17 bits per heavy atom. The summed E-state index contributed by atoms with van der Waals surface area (Å²) in [6, 6.07) is 0. The lowest BCUT2D eigenvalue weighted by atomic mass is 9.87. The molecule has 1 atom stereocenters. The van der Waals surface area contributed by atoms with Crippen LogP contribution < -0.4 is 0 Å². The zero-order valence-corrected chi connectivity index (χ0v) is 13.8. The molecule has 0 aromatic rings. The minimum Gasteiger partial charge on any atom is -0.481 e. The summed E-state index contributed by atoms with van der Waals surface area (Å²) in [6.45, 7) is 4.42. The molecule has 130 valence electrons. The van der Waals surface area contributed by atoms with Gasteiger partial charge in [-0.2, -0.15) is 0 Å². The van der Waals surface area contributed by atoms with Crippen molar-refractivity contribution in [2.24, 2.45) is 5.92 Å². The summed E-state index contributed by atoms with van der Waals surface area (Å²) in [5.74, 6) is -1.37. The van der Waals surface area contributed by atoms with Crippen LogP contribution in [0.4, 0.5) is 0 Å². The van der Waals surface area contributed by atoms with Crippen LogP contribution in [0, 0.1) is 5.92 Å². The number of nitrogens with zero attached hydrogens (tertiary/aromatic N) is 2. The second-order valence-electron chi connectivity index (χ2n) is 7.25. The van der Waals surface area contributed by atoms with Gasteiger partial charge in [0.15, 0.2) is 0 Å². The van der Waals surface area contributed by atoms with E-state index in [2.05, 4.69) is 4.90 Å². The first kappa shape index (κ1) is 16.7. The maximum atomic E-state index is 12.3. The molecule has 3 aliphatic rings. The summed E-state index contributed by atoms with van der Waals surface area (Å²) < 4.78 is 5.51. The Morgan fingerprint density at radius 2 is 1.83 bits per heavy atom. The van der Waals surface area contributed by atoms with Gasteiger partial charge in [-0.05, 0) is 12.8 Å². The molecule has 1 aliphatic carbocycles. The highest BCUT2D eigenvalue weighted by atomic mass is 16.5.